The number of ether oxygens (including phenoxy) is 4. The van der Waals surface area contributed by atoms with Gasteiger partial charge in [0, 0.05) is 0 Å². The molecule has 2 aromatic carbocycles. The third kappa shape index (κ3) is 4.70. The van der Waals surface area contributed by atoms with E-state index in [0.717, 1.165) is 5.56 Å². The average Bonchev–Trinajstić information content (AvgIpc) is 2.78. The van der Waals surface area contributed by atoms with Crippen LogP contribution < -0.4 is 15.2 Å². The highest BCUT2D eigenvalue weighted by atomic mass is 16.5. The first-order valence-electron chi connectivity index (χ1n) is 10.2. The molecule has 0 aliphatic carbocycles. The minimum Gasteiger partial charge on any atom is -0.493 e. The van der Waals surface area contributed by atoms with Crippen LogP contribution in [0.15, 0.2) is 65.3 Å². The lowest BCUT2D eigenvalue weighted by atomic mass is 9.83. The van der Waals surface area contributed by atoms with E-state index in [9.17, 15) is 10.1 Å². The third-order valence-corrected chi connectivity index (χ3v) is 5.14. The molecule has 3 rings (SSSR count). The second-order valence-corrected chi connectivity index (χ2v) is 7.30. The average molecular weight is 434 g/mol. The number of nitrogens with zero attached hydrogens (tertiary/aromatic N) is 1. The van der Waals surface area contributed by atoms with E-state index in [2.05, 4.69) is 6.07 Å². The van der Waals surface area contributed by atoms with Gasteiger partial charge in [-0.3, -0.25) is 0 Å². The number of esters is 1. The van der Waals surface area contributed by atoms with Crippen molar-refractivity contribution in [1.29, 1.82) is 5.26 Å². The maximum atomic E-state index is 12.7. The minimum absolute atomic E-state index is 0.0401. The Labute approximate surface area is 187 Å². The van der Waals surface area contributed by atoms with E-state index < -0.39 is 11.9 Å². The predicted octanol–water partition coefficient (Wildman–Crippen LogP) is 4.23. The molecule has 1 atom stereocenters. The molecule has 0 aromatic heterocycles. The molecule has 1 heterocycles. The number of hydrogen-bond acceptors (Lipinski definition) is 7. The Kier molecular flexibility index (Phi) is 7.06. The van der Waals surface area contributed by atoms with Crippen molar-refractivity contribution in [3.8, 4) is 17.6 Å². The molecule has 7 nitrogen and oxygen atoms in total. The quantitative estimate of drug-likeness (QED) is 0.651. The zero-order chi connectivity index (χ0) is 23.3. The Morgan fingerprint density at radius 1 is 1.16 bits per heavy atom. The summed E-state index contributed by atoms with van der Waals surface area (Å²) >= 11 is 0. The maximum absolute atomic E-state index is 12.7. The number of rotatable bonds is 7. The molecule has 0 saturated heterocycles. The molecular weight excluding hydrogens is 408 g/mol. The van der Waals surface area contributed by atoms with Gasteiger partial charge in [-0.2, -0.15) is 5.26 Å². The van der Waals surface area contributed by atoms with E-state index in [4.69, 9.17) is 24.7 Å². The Hall–Kier alpha value is -3.92. The number of aryl methyl sites for hydroxylation is 1. The molecule has 0 radical (unpaired) electrons. The molecule has 7 heteroatoms. The zero-order valence-electron chi connectivity index (χ0n) is 18.6. The second kappa shape index (κ2) is 9.92. The third-order valence-electron chi connectivity index (χ3n) is 5.14. The van der Waals surface area contributed by atoms with E-state index in [1.807, 2.05) is 31.2 Å². The van der Waals surface area contributed by atoms with Gasteiger partial charge in [-0.15, -0.1) is 0 Å². The van der Waals surface area contributed by atoms with Crippen LogP contribution in [0.3, 0.4) is 0 Å². The number of methoxy groups -OCH3 is 1. The van der Waals surface area contributed by atoms with Gasteiger partial charge >= 0.3 is 5.97 Å². The highest BCUT2D eigenvalue weighted by molar-refractivity contribution is 5.92. The summed E-state index contributed by atoms with van der Waals surface area (Å²) in [5.41, 5.74) is 9.16. The fourth-order valence-corrected chi connectivity index (χ4v) is 3.52. The highest BCUT2D eigenvalue weighted by Crippen LogP contribution is 2.42. The molecule has 2 N–H and O–H groups in total. The summed E-state index contributed by atoms with van der Waals surface area (Å²) < 4.78 is 22.1. The van der Waals surface area contributed by atoms with Gasteiger partial charge in [-0.1, -0.05) is 35.9 Å². The van der Waals surface area contributed by atoms with Gasteiger partial charge in [-0.05, 0) is 44.0 Å². The molecule has 1 aliphatic rings. The number of nitrogens with two attached hydrogens (primary N) is 1. The molecule has 0 spiro atoms. The topological polar surface area (TPSA) is 104 Å². The fraction of sp³-hybridized carbons (Fsp3) is 0.280. The van der Waals surface area contributed by atoms with Crippen LogP contribution in [0.2, 0.25) is 0 Å². The number of allylic oxidation sites excluding steroid dienone is 2. The van der Waals surface area contributed by atoms with Crippen molar-refractivity contribution in [3.05, 3.63) is 81.9 Å². The van der Waals surface area contributed by atoms with E-state index in [1.54, 1.807) is 32.0 Å². The van der Waals surface area contributed by atoms with E-state index in [0.29, 0.717) is 29.4 Å². The molecule has 166 valence electrons. The Morgan fingerprint density at radius 2 is 1.88 bits per heavy atom. The maximum Gasteiger partial charge on any atom is 0.338 e. The van der Waals surface area contributed by atoms with Gasteiger partial charge in [0.1, 0.15) is 24.0 Å². The molecule has 1 unspecified atom stereocenters. The summed E-state index contributed by atoms with van der Waals surface area (Å²) in [6, 6.07) is 15.4. The predicted molar refractivity (Wildman–Crippen MR) is 118 cm³/mol. The Balaban J connectivity index is 1.97. The van der Waals surface area contributed by atoms with Crippen LogP contribution in [-0.2, 0) is 20.9 Å². The van der Waals surface area contributed by atoms with Gasteiger partial charge in [-0.25, -0.2) is 4.79 Å². The molecule has 0 fully saturated rings. The van der Waals surface area contributed by atoms with Crippen LogP contribution in [0.5, 0.6) is 11.5 Å². The van der Waals surface area contributed by atoms with Crippen LogP contribution in [-0.4, -0.2) is 19.7 Å². The lowest BCUT2D eigenvalue weighted by Crippen LogP contribution is -2.25. The van der Waals surface area contributed by atoms with Gasteiger partial charge < -0.3 is 24.7 Å². The molecule has 0 saturated carbocycles. The molecular formula is C25H26N2O5. The van der Waals surface area contributed by atoms with E-state index in [-0.39, 0.29) is 23.6 Å². The number of hydrogen-bond donors (Lipinski definition) is 1. The van der Waals surface area contributed by atoms with Crippen molar-refractivity contribution < 1.29 is 23.7 Å². The standard InChI is InChI=1S/C25H26N2O5/c1-5-30-25(28)22-16(3)32-24(27)19(13-26)23(22)18-10-11-20(21(12-18)29-4)31-14-17-8-6-15(2)7-9-17/h6-12,23H,5,14,27H2,1-4H3. The Bertz CT molecular complexity index is 1110. The second-order valence-electron chi connectivity index (χ2n) is 7.30. The fourth-order valence-electron chi connectivity index (χ4n) is 3.52. The van der Waals surface area contributed by atoms with Crippen molar-refractivity contribution in [1.82, 2.24) is 0 Å². The monoisotopic (exact) mass is 434 g/mol. The van der Waals surface area contributed by atoms with Crippen molar-refractivity contribution in [2.45, 2.75) is 33.3 Å². The van der Waals surface area contributed by atoms with Crippen molar-refractivity contribution in [2.24, 2.45) is 5.73 Å². The number of benzene rings is 2. The van der Waals surface area contributed by atoms with Crippen LogP contribution in [0.1, 0.15) is 36.5 Å². The molecule has 1 aliphatic heterocycles. The first-order valence-corrected chi connectivity index (χ1v) is 10.2. The van der Waals surface area contributed by atoms with Gasteiger partial charge in [0.15, 0.2) is 11.5 Å². The lowest BCUT2D eigenvalue weighted by Gasteiger charge is -2.27. The molecule has 2 aromatic rings. The summed E-state index contributed by atoms with van der Waals surface area (Å²) in [5, 5.41) is 9.72. The normalized spacial score (nSPS) is 15.7. The Morgan fingerprint density at radius 3 is 2.50 bits per heavy atom. The van der Waals surface area contributed by atoms with E-state index in [1.165, 1.54) is 12.7 Å². The lowest BCUT2D eigenvalue weighted by molar-refractivity contribution is -0.139. The molecule has 32 heavy (non-hydrogen) atoms. The van der Waals surface area contributed by atoms with Crippen molar-refractivity contribution in [2.75, 3.05) is 13.7 Å². The van der Waals surface area contributed by atoms with Gasteiger partial charge in [0.2, 0.25) is 5.88 Å². The summed E-state index contributed by atoms with van der Waals surface area (Å²) in [7, 11) is 1.53. The zero-order valence-corrected chi connectivity index (χ0v) is 18.6. The number of carbonyl (C=O) groups is 1. The minimum atomic E-state index is -0.743. The van der Waals surface area contributed by atoms with Crippen LogP contribution in [0.25, 0.3) is 0 Å². The van der Waals surface area contributed by atoms with Gasteiger partial charge in [0.05, 0.1) is 25.2 Å². The summed E-state index contributed by atoms with van der Waals surface area (Å²) in [4.78, 5) is 12.7. The molecule has 0 amide bonds. The van der Waals surface area contributed by atoms with Gasteiger partial charge in [0.25, 0.3) is 0 Å². The molecule has 0 bridgehead atoms. The summed E-state index contributed by atoms with van der Waals surface area (Å²) in [6.45, 7) is 5.93. The van der Waals surface area contributed by atoms with Crippen LogP contribution in [0.4, 0.5) is 0 Å². The van der Waals surface area contributed by atoms with Crippen LogP contribution in [0, 0.1) is 18.3 Å². The first kappa shape index (κ1) is 22.8. The SMILES string of the molecule is CCOC(=O)C1=C(C)OC(N)=C(C#N)C1c1ccc(OCc2ccc(C)cc2)c(OC)c1. The number of carbonyl (C=O) groups excluding carboxylic acids is 1. The number of nitriles is 1. The van der Waals surface area contributed by atoms with E-state index >= 15 is 0 Å². The van der Waals surface area contributed by atoms with Crippen molar-refractivity contribution >= 4 is 5.97 Å². The van der Waals surface area contributed by atoms with Crippen LogP contribution >= 0.6 is 0 Å². The highest BCUT2D eigenvalue weighted by Gasteiger charge is 2.36. The smallest absolute Gasteiger partial charge is 0.338 e. The first-order chi connectivity index (χ1) is 15.4. The summed E-state index contributed by atoms with van der Waals surface area (Å²) in [6.07, 6.45) is 0. The summed E-state index contributed by atoms with van der Waals surface area (Å²) in [5.74, 6) is -0.0392. The largest absolute Gasteiger partial charge is 0.493 e. The van der Waals surface area contributed by atoms with Crippen molar-refractivity contribution in [3.63, 3.8) is 0 Å².